The molecule has 160 valence electrons. The number of fused-ring (bicyclic) bond motifs is 1. The molecule has 0 bridgehead atoms. The molecule has 2 fully saturated rings. The van der Waals surface area contributed by atoms with Crippen LogP contribution in [0.4, 0.5) is 11.6 Å². The molecule has 5 rings (SSSR count). The molecular weight excluding hydrogens is 392 g/mol. The van der Waals surface area contributed by atoms with E-state index in [2.05, 4.69) is 47.7 Å². The molecular formula is C22H26N8O. The van der Waals surface area contributed by atoms with Gasteiger partial charge in [0.25, 0.3) is 5.91 Å². The largest absolute Gasteiger partial charge is 0.354 e. The Bertz CT molecular complexity index is 1070. The van der Waals surface area contributed by atoms with Gasteiger partial charge < -0.3 is 19.6 Å². The zero-order chi connectivity index (χ0) is 21.2. The summed E-state index contributed by atoms with van der Waals surface area (Å²) in [6.45, 7) is 6.85. The summed E-state index contributed by atoms with van der Waals surface area (Å²) in [5.74, 6) is 1.94. The van der Waals surface area contributed by atoms with Gasteiger partial charge in [0.05, 0.1) is 11.0 Å². The molecule has 0 aliphatic carbocycles. The van der Waals surface area contributed by atoms with Gasteiger partial charge in [-0.2, -0.15) is 0 Å². The van der Waals surface area contributed by atoms with Crippen molar-refractivity contribution >= 4 is 28.6 Å². The highest BCUT2D eigenvalue weighted by Crippen LogP contribution is 2.21. The second-order valence-corrected chi connectivity index (χ2v) is 8.06. The molecule has 2 aliphatic heterocycles. The summed E-state index contributed by atoms with van der Waals surface area (Å²) in [5.41, 5.74) is 2.19. The molecule has 0 unspecified atom stereocenters. The van der Waals surface area contributed by atoms with Gasteiger partial charge in [0.1, 0.15) is 18.0 Å². The fourth-order valence-corrected chi connectivity index (χ4v) is 4.14. The zero-order valence-corrected chi connectivity index (χ0v) is 17.7. The van der Waals surface area contributed by atoms with Crippen molar-refractivity contribution in [1.82, 2.24) is 29.7 Å². The smallest absolute Gasteiger partial charge is 0.254 e. The fraction of sp³-hybridized carbons (Fsp3) is 0.409. The number of amides is 1. The number of rotatable bonds is 3. The van der Waals surface area contributed by atoms with Gasteiger partial charge in [-0.15, -0.1) is 0 Å². The van der Waals surface area contributed by atoms with Gasteiger partial charge in [-0.05, 0) is 25.2 Å². The maximum absolute atomic E-state index is 13.0. The molecule has 9 heteroatoms. The van der Waals surface area contributed by atoms with Crippen molar-refractivity contribution in [3.05, 3.63) is 48.5 Å². The van der Waals surface area contributed by atoms with E-state index >= 15 is 0 Å². The Balaban J connectivity index is 1.24. The molecule has 2 saturated heterocycles. The van der Waals surface area contributed by atoms with E-state index in [-0.39, 0.29) is 5.91 Å². The summed E-state index contributed by atoms with van der Waals surface area (Å²) in [7, 11) is 2.15. The monoisotopic (exact) mass is 418 g/mol. The first kappa shape index (κ1) is 19.6. The highest BCUT2D eigenvalue weighted by Gasteiger charge is 2.24. The first-order valence-corrected chi connectivity index (χ1v) is 10.7. The van der Waals surface area contributed by atoms with Crippen molar-refractivity contribution in [2.75, 3.05) is 69.2 Å². The third-order valence-corrected chi connectivity index (χ3v) is 6.07. The number of carbonyl (C=O) groups excluding carboxylic acids is 1. The van der Waals surface area contributed by atoms with Crippen LogP contribution in [0.5, 0.6) is 0 Å². The van der Waals surface area contributed by atoms with Gasteiger partial charge in [-0.3, -0.25) is 14.8 Å². The first-order valence-electron chi connectivity index (χ1n) is 10.7. The lowest BCUT2D eigenvalue weighted by Gasteiger charge is -2.36. The van der Waals surface area contributed by atoms with E-state index in [1.807, 2.05) is 23.1 Å². The molecule has 0 radical (unpaired) electrons. The molecule has 0 saturated carbocycles. The Morgan fingerprint density at radius 2 is 1.35 bits per heavy atom. The Morgan fingerprint density at radius 1 is 0.742 bits per heavy atom. The zero-order valence-electron chi connectivity index (χ0n) is 17.7. The van der Waals surface area contributed by atoms with Crippen molar-refractivity contribution in [3.63, 3.8) is 0 Å². The summed E-state index contributed by atoms with van der Waals surface area (Å²) in [6, 6.07) is 7.58. The summed E-state index contributed by atoms with van der Waals surface area (Å²) >= 11 is 0. The predicted octanol–water partition coefficient (Wildman–Crippen LogP) is 1.13. The average molecular weight is 419 g/mol. The standard InChI is InChI=1S/C22H26N8O/c1-27-6-8-28(9-7-27)20-15-21(26-16-25-20)29-10-12-30(13-11-29)22(31)17-2-3-18-19(14-17)24-5-4-23-18/h2-5,14-16H,6-13H2,1H3. The second-order valence-electron chi connectivity index (χ2n) is 8.06. The van der Waals surface area contributed by atoms with Crippen LogP contribution in [0.2, 0.25) is 0 Å². The Hall–Kier alpha value is -3.33. The fourth-order valence-electron chi connectivity index (χ4n) is 4.14. The highest BCUT2D eigenvalue weighted by molar-refractivity contribution is 5.97. The number of likely N-dealkylation sites (N-methyl/N-ethyl adjacent to an activating group) is 1. The summed E-state index contributed by atoms with van der Waals surface area (Å²) in [5, 5.41) is 0. The molecule has 0 N–H and O–H groups in total. The Labute approximate surface area is 181 Å². The average Bonchev–Trinajstić information content (AvgIpc) is 2.84. The number of aromatic nitrogens is 4. The minimum absolute atomic E-state index is 0.0352. The van der Waals surface area contributed by atoms with Crippen LogP contribution >= 0.6 is 0 Å². The number of anilines is 2. The molecule has 1 amide bonds. The molecule has 2 aromatic heterocycles. The van der Waals surface area contributed by atoms with Crippen molar-refractivity contribution < 1.29 is 4.79 Å². The topological polar surface area (TPSA) is 81.6 Å². The number of hydrogen-bond donors (Lipinski definition) is 0. The summed E-state index contributed by atoms with van der Waals surface area (Å²) in [6.07, 6.45) is 4.95. The molecule has 1 aromatic carbocycles. The summed E-state index contributed by atoms with van der Waals surface area (Å²) in [4.78, 5) is 39.3. The molecule has 31 heavy (non-hydrogen) atoms. The third kappa shape index (κ3) is 4.13. The molecule has 0 spiro atoms. The van der Waals surface area contributed by atoms with Crippen LogP contribution in [0, 0.1) is 0 Å². The van der Waals surface area contributed by atoms with Crippen molar-refractivity contribution in [3.8, 4) is 0 Å². The lowest BCUT2D eigenvalue weighted by molar-refractivity contribution is 0.0746. The lowest BCUT2D eigenvalue weighted by Crippen LogP contribution is -2.49. The first-order chi connectivity index (χ1) is 15.2. The van der Waals surface area contributed by atoms with Crippen molar-refractivity contribution in [1.29, 1.82) is 0 Å². The van der Waals surface area contributed by atoms with Crippen LogP contribution in [-0.4, -0.2) is 95.0 Å². The molecule has 3 aromatic rings. The van der Waals surface area contributed by atoms with E-state index in [9.17, 15) is 4.79 Å². The highest BCUT2D eigenvalue weighted by atomic mass is 16.2. The number of nitrogens with zero attached hydrogens (tertiary/aromatic N) is 8. The maximum Gasteiger partial charge on any atom is 0.254 e. The molecule has 2 aliphatic rings. The van der Waals surface area contributed by atoms with Crippen LogP contribution in [0.3, 0.4) is 0 Å². The molecule has 4 heterocycles. The second kappa shape index (κ2) is 8.43. The normalized spacial score (nSPS) is 17.9. The number of hydrogen-bond acceptors (Lipinski definition) is 8. The van der Waals surface area contributed by atoms with Crippen LogP contribution in [-0.2, 0) is 0 Å². The molecule has 9 nitrogen and oxygen atoms in total. The summed E-state index contributed by atoms with van der Waals surface area (Å²) < 4.78 is 0. The predicted molar refractivity (Wildman–Crippen MR) is 119 cm³/mol. The van der Waals surface area contributed by atoms with Crippen LogP contribution in [0.15, 0.2) is 43.0 Å². The van der Waals surface area contributed by atoms with Crippen LogP contribution in [0.25, 0.3) is 11.0 Å². The van der Waals surface area contributed by atoms with Gasteiger partial charge in [0.15, 0.2) is 0 Å². The van der Waals surface area contributed by atoms with E-state index < -0.39 is 0 Å². The van der Waals surface area contributed by atoms with E-state index in [1.54, 1.807) is 18.7 Å². The SMILES string of the molecule is CN1CCN(c2cc(N3CCN(C(=O)c4ccc5nccnc5c4)CC3)ncn2)CC1. The molecule has 0 atom stereocenters. The van der Waals surface area contributed by atoms with E-state index in [0.717, 1.165) is 61.9 Å². The number of benzene rings is 1. The minimum Gasteiger partial charge on any atom is -0.354 e. The Morgan fingerprint density at radius 3 is 2.03 bits per heavy atom. The maximum atomic E-state index is 13.0. The third-order valence-electron chi connectivity index (χ3n) is 6.07. The number of carbonyl (C=O) groups is 1. The van der Waals surface area contributed by atoms with E-state index in [1.165, 1.54) is 0 Å². The van der Waals surface area contributed by atoms with Gasteiger partial charge in [0, 0.05) is 76.4 Å². The van der Waals surface area contributed by atoms with Crippen LogP contribution < -0.4 is 9.80 Å². The van der Waals surface area contributed by atoms with Gasteiger partial charge >= 0.3 is 0 Å². The van der Waals surface area contributed by atoms with Crippen molar-refractivity contribution in [2.45, 2.75) is 0 Å². The van der Waals surface area contributed by atoms with Crippen molar-refractivity contribution in [2.24, 2.45) is 0 Å². The number of piperazine rings is 2. The van der Waals surface area contributed by atoms with Gasteiger partial charge in [-0.25, -0.2) is 9.97 Å². The van der Waals surface area contributed by atoms with E-state index in [4.69, 9.17) is 0 Å². The quantitative estimate of drug-likeness (QED) is 0.626. The Kier molecular flexibility index (Phi) is 5.33. The van der Waals surface area contributed by atoms with Gasteiger partial charge in [0.2, 0.25) is 0 Å². The lowest BCUT2D eigenvalue weighted by atomic mass is 10.1. The van der Waals surface area contributed by atoms with E-state index in [0.29, 0.717) is 18.7 Å². The van der Waals surface area contributed by atoms with Crippen LogP contribution in [0.1, 0.15) is 10.4 Å². The minimum atomic E-state index is 0.0352. The van der Waals surface area contributed by atoms with Gasteiger partial charge in [-0.1, -0.05) is 0 Å².